The van der Waals surface area contributed by atoms with Crippen molar-refractivity contribution in [3.8, 4) is 11.3 Å². The number of nitrogens with zero attached hydrogens (tertiary/aromatic N) is 4. The Morgan fingerprint density at radius 2 is 1.80 bits per heavy atom. The molecule has 0 spiro atoms. The molecule has 0 unspecified atom stereocenters. The summed E-state index contributed by atoms with van der Waals surface area (Å²) >= 11 is 0. The number of aliphatic hydroxyl groups is 1. The summed E-state index contributed by atoms with van der Waals surface area (Å²) in [6.45, 7) is 3.53. The zero-order chi connectivity index (χ0) is 36.1. The van der Waals surface area contributed by atoms with E-state index in [0.717, 1.165) is 28.7 Å². The normalized spacial score (nSPS) is 20.5. The van der Waals surface area contributed by atoms with Crippen molar-refractivity contribution in [1.29, 1.82) is 0 Å². The van der Waals surface area contributed by atoms with E-state index in [1.807, 2.05) is 34.9 Å². The number of hydrogen-bond donors (Lipinski definition) is 3. The highest BCUT2D eigenvalue weighted by molar-refractivity contribution is 6.12. The van der Waals surface area contributed by atoms with Gasteiger partial charge in [0.25, 0.3) is 17.7 Å². The lowest BCUT2D eigenvalue weighted by Crippen LogP contribution is -2.49. The maximum absolute atomic E-state index is 15.2. The molecule has 4 amide bonds. The maximum Gasteiger partial charge on any atom is 0.253 e. The first kappa shape index (κ1) is 36.0. The number of nitrogens with one attached hydrogen (secondary N) is 2. The van der Waals surface area contributed by atoms with Crippen LogP contribution >= 0.6 is 0 Å². The number of ether oxygens (including phenoxy) is 1. The predicted molar refractivity (Wildman–Crippen MR) is 182 cm³/mol. The first-order valence-corrected chi connectivity index (χ1v) is 17.3. The van der Waals surface area contributed by atoms with Crippen molar-refractivity contribution in [2.24, 2.45) is 17.8 Å². The van der Waals surface area contributed by atoms with Crippen LogP contribution in [-0.4, -0.2) is 100 Å². The third kappa shape index (κ3) is 8.24. The summed E-state index contributed by atoms with van der Waals surface area (Å²) in [4.78, 5) is 59.0. The van der Waals surface area contributed by atoms with E-state index in [4.69, 9.17) is 9.72 Å². The molecule has 6 rings (SSSR count). The number of hydrogen-bond acceptors (Lipinski definition) is 8. The third-order valence-electron chi connectivity index (χ3n) is 9.80. The van der Waals surface area contributed by atoms with Crippen LogP contribution in [0.5, 0.6) is 0 Å². The summed E-state index contributed by atoms with van der Waals surface area (Å²) in [6, 6.07) is 12.0. The van der Waals surface area contributed by atoms with Crippen molar-refractivity contribution in [3.05, 3.63) is 89.9 Å². The van der Waals surface area contributed by atoms with Crippen molar-refractivity contribution in [2.75, 3.05) is 45.9 Å². The van der Waals surface area contributed by atoms with Crippen molar-refractivity contribution < 1.29 is 37.8 Å². The Morgan fingerprint density at radius 3 is 2.51 bits per heavy atom. The van der Waals surface area contributed by atoms with E-state index in [-0.39, 0.29) is 48.6 Å². The fourth-order valence-corrected chi connectivity index (χ4v) is 7.17. The minimum atomic E-state index is -1.38. The second-order valence-corrected chi connectivity index (χ2v) is 13.3. The second kappa shape index (κ2) is 16.0. The number of imidazole rings is 1. The molecule has 270 valence electrons. The van der Waals surface area contributed by atoms with E-state index in [9.17, 15) is 28.7 Å². The van der Waals surface area contributed by atoms with E-state index in [0.29, 0.717) is 51.5 Å². The van der Waals surface area contributed by atoms with Crippen molar-refractivity contribution in [1.82, 2.24) is 30.0 Å². The Balaban J connectivity index is 1.34. The molecule has 0 aliphatic carbocycles. The number of halogens is 2. The molecule has 4 atom stereocenters. The number of aliphatic hydroxyl groups excluding tert-OH is 1. The lowest BCUT2D eigenvalue weighted by Gasteiger charge is -2.40. The van der Waals surface area contributed by atoms with E-state index in [1.54, 1.807) is 11.1 Å². The molecule has 2 aromatic carbocycles. The second-order valence-electron chi connectivity index (χ2n) is 13.3. The molecule has 14 heteroatoms. The first-order chi connectivity index (χ1) is 24.6. The van der Waals surface area contributed by atoms with Crippen LogP contribution < -0.4 is 10.6 Å². The number of amides is 4. The number of carbonyl (C=O) groups excluding carboxylic acids is 4. The lowest BCUT2D eigenvalue weighted by atomic mass is 9.87. The molecule has 1 aromatic heterocycles. The molecule has 12 nitrogen and oxygen atoms in total. The van der Waals surface area contributed by atoms with Crippen LogP contribution in [0.2, 0.25) is 0 Å². The SMILES string of the molecule is C[C@H](O)C(=O)N(C[C@@H]1CNC[C@H]1C(=O)NCCN1C(=O)C=CC1=O)[C@@H](c1nc(-c2cc(F)ccc2F)cn1Cc1ccccc1)C1CCOCC1. The molecular weight excluding hydrogens is 662 g/mol. The van der Waals surface area contributed by atoms with Gasteiger partial charge in [0.1, 0.15) is 23.6 Å². The van der Waals surface area contributed by atoms with E-state index in [1.165, 1.54) is 19.1 Å². The molecule has 0 saturated carbocycles. The Labute approximate surface area is 294 Å². The highest BCUT2D eigenvalue weighted by Gasteiger charge is 2.42. The summed E-state index contributed by atoms with van der Waals surface area (Å²) in [7, 11) is 0. The highest BCUT2D eigenvalue weighted by Crippen LogP contribution is 2.38. The quantitative estimate of drug-likeness (QED) is 0.230. The largest absolute Gasteiger partial charge is 0.384 e. The standard InChI is InChI=1S/C37H42F2N6O6/c1-23(46)37(50)45(21-26-18-40-19-29(26)36(49)41-13-14-44-32(47)9-10-33(44)48)34(25-11-15-51-16-12-25)35-42-31(28-17-27(38)7-8-30(28)39)22-43(35)20-24-5-3-2-4-6-24/h2-10,17,22-23,25-26,29,34,40,46H,11-16,18-21H2,1H3,(H,41,49)/t23-,26-,29+,34+/m0/s1. The Kier molecular flexibility index (Phi) is 11.3. The van der Waals surface area contributed by atoms with Gasteiger partial charge >= 0.3 is 0 Å². The minimum absolute atomic E-state index is 0.0213. The fraction of sp³-hybridized carbons (Fsp3) is 0.432. The van der Waals surface area contributed by atoms with Gasteiger partial charge in [0.05, 0.1) is 17.7 Å². The van der Waals surface area contributed by atoms with Gasteiger partial charge in [0.2, 0.25) is 5.91 Å². The molecule has 3 aliphatic rings. The van der Waals surface area contributed by atoms with Crippen LogP contribution in [-0.2, 0) is 30.5 Å². The monoisotopic (exact) mass is 704 g/mol. The maximum atomic E-state index is 15.2. The van der Waals surface area contributed by atoms with E-state index in [2.05, 4.69) is 10.6 Å². The number of imide groups is 1. The third-order valence-corrected chi connectivity index (χ3v) is 9.80. The van der Waals surface area contributed by atoms with Crippen LogP contribution in [0.15, 0.2) is 66.9 Å². The van der Waals surface area contributed by atoms with Crippen molar-refractivity contribution >= 4 is 23.6 Å². The van der Waals surface area contributed by atoms with Crippen LogP contribution in [0.1, 0.15) is 37.2 Å². The molecule has 3 N–H and O–H groups in total. The van der Waals surface area contributed by atoms with Gasteiger partial charge in [0.15, 0.2) is 0 Å². The lowest BCUT2D eigenvalue weighted by molar-refractivity contribution is -0.146. The smallest absolute Gasteiger partial charge is 0.253 e. The minimum Gasteiger partial charge on any atom is -0.384 e. The van der Waals surface area contributed by atoms with Gasteiger partial charge in [-0.3, -0.25) is 24.1 Å². The summed E-state index contributed by atoms with van der Waals surface area (Å²) in [5, 5.41) is 16.8. The molecule has 0 radical (unpaired) electrons. The molecule has 4 heterocycles. The molecule has 51 heavy (non-hydrogen) atoms. The van der Waals surface area contributed by atoms with Gasteiger partial charge in [-0.05, 0) is 49.4 Å². The van der Waals surface area contributed by atoms with E-state index < -0.39 is 47.4 Å². The predicted octanol–water partition coefficient (Wildman–Crippen LogP) is 2.43. The zero-order valence-corrected chi connectivity index (χ0v) is 28.3. The number of benzene rings is 2. The molecular formula is C37H42F2N6O6. The van der Waals surface area contributed by atoms with Crippen LogP contribution in [0.4, 0.5) is 8.78 Å². The highest BCUT2D eigenvalue weighted by atomic mass is 19.1. The topological polar surface area (TPSA) is 146 Å². The van der Waals surface area contributed by atoms with Gasteiger partial charge in [-0.25, -0.2) is 13.8 Å². The average molecular weight is 705 g/mol. The molecule has 3 aliphatic heterocycles. The van der Waals surface area contributed by atoms with Crippen LogP contribution in [0, 0.1) is 29.4 Å². The summed E-state index contributed by atoms with van der Waals surface area (Å²) in [5.74, 6) is -3.64. The number of carbonyl (C=O) groups is 4. The Hall–Kier alpha value is -4.79. The number of rotatable bonds is 13. The van der Waals surface area contributed by atoms with Gasteiger partial charge in [-0.1, -0.05) is 30.3 Å². The Bertz CT molecular complexity index is 1760. The average Bonchev–Trinajstić information content (AvgIpc) is 3.85. The van der Waals surface area contributed by atoms with Crippen molar-refractivity contribution in [3.63, 3.8) is 0 Å². The first-order valence-electron chi connectivity index (χ1n) is 17.3. The van der Waals surface area contributed by atoms with Gasteiger partial charge < -0.3 is 29.9 Å². The van der Waals surface area contributed by atoms with E-state index >= 15 is 4.39 Å². The zero-order valence-electron chi connectivity index (χ0n) is 28.3. The van der Waals surface area contributed by atoms with Crippen molar-refractivity contribution in [2.45, 2.75) is 38.5 Å². The summed E-state index contributed by atoms with van der Waals surface area (Å²) in [6.07, 6.45) is 3.81. The van der Waals surface area contributed by atoms with Gasteiger partial charge in [0, 0.05) is 82.3 Å². The summed E-state index contributed by atoms with van der Waals surface area (Å²) in [5.41, 5.74) is 1.10. The molecule has 2 saturated heterocycles. The summed E-state index contributed by atoms with van der Waals surface area (Å²) < 4.78 is 37.1. The van der Waals surface area contributed by atoms with Crippen LogP contribution in [0.3, 0.4) is 0 Å². The molecule has 2 fully saturated rings. The molecule has 3 aromatic rings. The Morgan fingerprint density at radius 1 is 1.08 bits per heavy atom. The van der Waals surface area contributed by atoms with Crippen LogP contribution in [0.25, 0.3) is 11.3 Å². The van der Waals surface area contributed by atoms with Gasteiger partial charge in [-0.2, -0.15) is 0 Å². The molecule has 0 bridgehead atoms. The van der Waals surface area contributed by atoms with Gasteiger partial charge in [-0.15, -0.1) is 0 Å². The number of aromatic nitrogens is 2. The fourth-order valence-electron chi connectivity index (χ4n) is 7.17.